The van der Waals surface area contributed by atoms with Gasteiger partial charge >= 0.3 is 0 Å². The maximum atomic E-state index is 14.1. The second-order valence-corrected chi connectivity index (χ2v) is 9.92. The molecule has 0 radical (unpaired) electrons. The van der Waals surface area contributed by atoms with Crippen molar-refractivity contribution in [2.24, 2.45) is 0 Å². The molecule has 2 aromatic heterocycles. The van der Waals surface area contributed by atoms with Gasteiger partial charge in [-0.15, -0.1) is 0 Å². The van der Waals surface area contributed by atoms with Crippen molar-refractivity contribution in [2.45, 2.75) is 32.9 Å². The van der Waals surface area contributed by atoms with Crippen molar-refractivity contribution < 1.29 is 4.39 Å². The van der Waals surface area contributed by atoms with Crippen molar-refractivity contribution in [2.75, 3.05) is 4.90 Å². The van der Waals surface area contributed by atoms with Crippen LogP contribution in [0.25, 0.3) is 5.69 Å². The van der Waals surface area contributed by atoms with E-state index in [0.717, 1.165) is 34.0 Å². The van der Waals surface area contributed by atoms with E-state index >= 15 is 0 Å². The van der Waals surface area contributed by atoms with Crippen LogP contribution in [-0.4, -0.2) is 14.7 Å². The van der Waals surface area contributed by atoms with Gasteiger partial charge in [0.05, 0.1) is 28.5 Å². The Morgan fingerprint density at radius 2 is 1.80 bits per heavy atom. The van der Waals surface area contributed by atoms with Crippen molar-refractivity contribution in [1.82, 2.24) is 14.9 Å². The van der Waals surface area contributed by atoms with Gasteiger partial charge < -0.3 is 14.8 Å². The van der Waals surface area contributed by atoms with Gasteiger partial charge in [-0.25, -0.2) is 4.39 Å². The average molecular weight is 525 g/mol. The second kappa shape index (κ2) is 9.26. The number of hydrogen-bond donors (Lipinski definition) is 1. The minimum Gasteiger partial charge on any atom is -0.351 e. The molecule has 4 nitrogen and oxygen atoms in total. The number of thiocarbonyl (C=S) groups is 1. The smallest absolute Gasteiger partial charge is 0.174 e. The molecular weight excluding hydrogens is 502 g/mol. The molecular formula is C27H23Cl2FN4S. The van der Waals surface area contributed by atoms with Crippen LogP contribution in [0.15, 0.2) is 66.9 Å². The molecule has 3 heterocycles. The summed E-state index contributed by atoms with van der Waals surface area (Å²) >= 11 is 18.6. The molecule has 1 N–H and O–H groups in total. The first-order valence-electron chi connectivity index (χ1n) is 11.2. The molecule has 4 aromatic rings. The van der Waals surface area contributed by atoms with E-state index in [4.69, 9.17) is 35.4 Å². The van der Waals surface area contributed by atoms with Gasteiger partial charge in [-0.1, -0.05) is 29.3 Å². The standard InChI is InChI=1S/C27H23Cl2FN4S/c1-15-12-19(8-9-22(15)30)34-26(25(32-27(34)35)23-6-4-5-11-31-23)20-13-16(2)33(17(20)3)24-10-7-18(28)14-21(24)29/h4-14,25-26H,1-3H3,(H,32,35)/t25-,26+/m0/s1. The molecule has 1 aliphatic rings. The molecule has 0 bridgehead atoms. The predicted molar refractivity (Wildman–Crippen MR) is 144 cm³/mol. The SMILES string of the molecule is Cc1cc(N2C(=S)N[C@@H](c3ccccn3)[C@H]2c2cc(C)n(-c3ccc(Cl)cc3Cl)c2C)ccc1F. The molecule has 0 spiro atoms. The molecule has 2 aromatic carbocycles. The lowest BCUT2D eigenvalue weighted by molar-refractivity contribution is 0.564. The molecule has 0 amide bonds. The number of hydrogen-bond acceptors (Lipinski definition) is 2. The largest absolute Gasteiger partial charge is 0.351 e. The molecule has 8 heteroatoms. The summed E-state index contributed by atoms with van der Waals surface area (Å²) in [5.74, 6) is -0.250. The van der Waals surface area contributed by atoms with Gasteiger partial charge in [-0.3, -0.25) is 4.98 Å². The lowest BCUT2D eigenvalue weighted by atomic mass is 9.96. The van der Waals surface area contributed by atoms with Crippen LogP contribution in [0.3, 0.4) is 0 Å². The Kier molecular flexibility index (Phi) is 6.30. The summed E-state index contributed by atoms with van der Waals surface area (Å²) in [6.45, 7) is 5.87. The Balaban J connectivity index is 1.70. The molecule has 1 fully saturated rings. The summed E-state index contributed by atoms with van der Waals surface area (Å²) in [6.07, 6.45) is 1.78. The summed E-state index contributed by atoms with van der Waals surface area (Å²) in [7, 11) is 0. The summed E-state index contributed by atoms with van der Waals surface area (Å²) in [5, 5.41) is 5.18. The van der Waals surface area contributed by atoms with E-state index in [1.54, 1.807) is 25.3 Å². The van der Waals surface area contributed by atoms with Gasteiger partial charge in [0.2, 0.25) is 0 Å². The van der Waals surface area contributed by atoms with E-state index < -0.39 is 0 Å². The summed E-state index contributed by atoms with van der Waals surface area (Å²) < 4.78 is 16.2. The van der Waals surface area contributed by atoms with E-state index in [-0.39, 0.29) is 17.9 Å². The highest BCUT2D eigenvalue weighted by Gasteiger charge is 2.42. The molecule has 1 aliphatic heterocycles. The van der Waals surface area contributed by atoms with Crippen LogP contribution in [0, 0.1) is 26.6 Å². The Bertz CT molecular complexity index is 1440. The van der Waals surface area contributed by atoms with Crippen LogP contribution in [0.5, 0.6) is 0 Å². The van der Waals surface area contributed by atoms with Gasteiger partial charge in [-0.05, 0) is 98.7 Å². The molecule has 0 unspecified atom stereocenters. The first kappa shape index (κ1) is 23.8. The number of nitrogens with one attached hydrogen (secondary N) is 1. The van der Waals surface area contributed by atoms with Crippen LogP contribution >= 0.6 is 35.4 Å². The Hall–Kier alpha value is -2.93. The first-order valence-corrected chi connectivity index (χ1v) is 12.3. The van der Waals surface area contributed by atoms with Gasteiger partial charge in [-0.2, -0.15) is 0 Å². The second-order valence-electron chi connectivity index (χ2n) is 8.69. The van der Waals surface area contributed by atoms with Crippen LogP contribution in [-0.2, 0) is 0 Å². The Labute approximate surface area is 219 Å². The van der Waals surface area contributed by atoms with Crippen molar-refractivity contribution in [3.8, 4) is 5.69 Å². The maximum Gasteiger partial charge on any atom is 0.174 e. The summed E-state index contributed by atoms with van der Waals surface area (Å²) in [6, 6.07) is 18.1. The van der Waals surface area contributed by atoms with Crippen LogP contribution in [0.2, 0.25) is 10.0 Å². The number of aryl methyl sites for hydroxylation is 2. The first-order chi connectivity index (χ1) is 16.8. The van der Waals surface area contributed by atoms with Crippen molar-refractivity contribution in [3.05, 3.63) is 111 Å². The lowest BCUT2D eigenvalue weighted by Gasteiger charge is -2.28. The van der Waals surface area contributed by atoms with Gasteiger partial charge in [0.25, 0.3) is 0 Å². The van der Waals surface area contributed by atoms with Crippen LogP contribution in [0.4, 0.5) is 10.1 Å². The zero-order valence-electron chi connectivity index (χ0n) is 19.4. The number of aromatic nitrogens is 2. The highest BCUT2D eigenvalue weighted by Crippen LogP contribution is 2.44. The van der Waals surface area contributed by atoms with E-state index in [2.05, 4.69) is 32.8 Å². The number of nitrogens with zero attached hydrogens (tertiary/aromatic N) is 3. The molecule has 178 valence electrons. The zero-order valence-corrected chi connectivity index (χ0v) is 21.7. The van der Waals surface area contributed by atoms with E-state index in [1.807, 2.05) is 43.3 Å². The molecule has 35 heavy (non-hydrogen) atoms. The zero-order chi connectivity index (χ0) is 24.9. The van der Waals surface area contributed by atoms with Gasteiger partial charge in [0.15, 0.2) is 5.11 Å². The number of halogens is 3. The summed E-state index contributed by atoms with van der Waals surface area (Å²) in [5.41, 5.74) is 6.21. The molecule has 2 atom stereocenters. The number of rotatable bonds is 4. The fourth-order valence-electron chi connectivity index (χ4n) is 4.85. The van der Waals surface area contributed by atoms with Crippen molar-refractivity contribution in [1.29, 1.82) is 0 Å². The Morgan fingerprint density at radius 1 is 1.00 bits per heavy atom. The highest BCUT2D eigenvalue weighted by molar-refractivity contribution is 7.80. The van der Waals surface area contributed by atoms with Crippen molar-refractivity contribution >= 4 is 46.2 Å². The normalized spacial score (nSPS) is 17.7. The molecule has 0 aliphatic carbocycles. The molecule has 1 saturated heterocycles. The predicted octanol–water partition coefficient (Wildman–Crippen LogP) is 7.42. The van der Waals surface area contributed by atoms with E-state index in [9.17, 15) is 4.39 Å². The third-order valence-electron chi connectivity index (χ3n) is 6.46. The third-order valence-corrected chi connectivity index (χ3v) is 7.31. The molecule has 5 rings (SSSR count). The number of benzene rings is 2. The fourth-order valence-corrected chi connectivity index (χ4v) is 5.69. The number of pyridine rings is 1. The fraction of sp³-hybridized carbons (Fsp3) is 0.185. The minimum atomic E-state index is -0.250. The maximum absolute atomic E-state index is 14.1. The van der Waals surface area contributed by atoms with E-state index in [1.165, 1.54) is 6.07 Å². The van der Waals surface area contributed by atoms with Gasteiger partial charge in [0, 0.05) is 28.3 Å². The monoisotopic (exact) mass is 524 g/mol. The average Bonchev–Trinajstić information content (AvgIpc) is 3.32. The molecule has 0 saturated carbocycles. The minimum absolute atomic E-state index is 0.205. The lowest BCUT2D eigenvalue weighted by Crippen LogP contribution is -2.29. The van der Waals surface area contributed by atoms with Gasteiger partial charge in [0.1, 0.15) is 5.82 Å². The van der Waals surface area contributed by atoms with Crippen LogP contribution < -0.4 is 10.2 Å². The summed E-state index contributed by atoms with van der Waals surface area (Å²) in [4.78, 5) is 6.67. The number of anilines is 1. The van der Waals surface area contributed by atoms with Crippen LogP contribution in [0.1, 0.15) is 40.3 Å². The quantitative estimate of drug-likeness (QED) is 0.281. The third kappa shape index (κ3) is 4.20. The topological polar surface area (TPSA) is 33.1 Å². The highest BCUT2D eigenvalue weighted by atomic mass is 35.5. The van der Waals surface area contributed by atoms with E-state index in [0.29, 0.717) is 20.7 Å². The Morgan fingerprint density at radius 3 is 2.49 bits per heavy atom. The van der Waals surface area contributed by atoms with Crippen molar-refractivity contribution in [3.63, 3.8) is 0 Å².